The number of rotatable bonds is 3. The van der Waals surface area contributed by atoms with Crippen molar-refractivity contribution in [3.63, 3.8) is 0 Å². The van der Waals surface area contributed by atoms with Gasteiger partial charge in [-0.2, -0.15) is 0 Å². The normalized spacial score (nSPS) is 16.7. The second-order valence-electron chi connectivity index (χ2n) is 5.18. The van der Waals surface area contributed by atoms with E-state index in [0.29, 0.717) is 0 Å². The summed E-state index contributed by atoms with van der Waals surface area (Å²) in [6, 6.07) is 8.24. The van der Waals surface area contributed by atoms with Gasteiger partial charge < -0.3 is 5.11 Å². The summed E-state index contributed by atoms with van der Waals surface area (Å²) in [6.07, 6.45) is 4.00. The molecule has 1 N–H and O–H groups in total. The molecule has 1 aliphatic carbocycles. The fourth-order valence-electron chi connectivity index (χ4n) is 2.67. The van der Waals surface area contributed by atoms with Crippen LogP contribution in [0.15, 0.2) is 30.5 Å². The molecule has 0 amide bonds. The number of carbonyl (C=O) groups is 1. The Morgan fingerprint density at radius 1 is 1.39 bits per heavy atom. The number of hydrogen-bond donors (Lipinski definition) is 1. The van der Waals surface area contributed by atoms with Crippen molar-refractivity contribution < 1.29 is 9.90 Å². The number of pyridine rings is 1. The number of aromatic nitrogens is 1. The van der Waals surface area contributed by atoms with Gasteiger partial charge in [-0.3, -0.25) is 9.78 Å². The Labute approximate surface area is 105 Å². The summed E-state index contributed by atoms with van der Waals surface area (Å²) >= 11 is 0. The Hall–Kier alpha value is -1.90. The van der Waals surface area contributed by atoms with Crippen molar-refractivity contribution in [3.8, 4) is 0 Å². The van der Waals surface area contributed by atoms with Gasteiger partial charge in [0.1, 0.15) is 0 Å². The maximum Gasteiger partial charge on any atom is 0.304 e. The largest absolute Gasteiger partial charge is 0.481 e. The number of nitrogens with zero attached hydrogens (tertiary/aromatic N) is 1. The summed E-state index contributed by atoms with van der Waals surface area (Å²) in [5, 5.41) is 11.3. The van der Waals surface area contributed by atoms with Crippen LogP contribution >= 0.6 is 0 Å². The highest BCUT2D eigenvalue weighted by Crippen LogP contribution is 2.51. The first-order chi connectivity index (χ1) is 8.61. The maximum absolute atomic E-state index is 10.9. The summed E-state index contributed by atoms with van der Waals surface area (Å²) in [5.41, 5.74) is 2.06. The predicted octanol–water partition coefficient (Wildman–Crippen LogP) is 3.05. The third-order valence-corrected chi connectivity index (χ3v) is 3.92. The van der Waals surface area contributed by atoms with Gasteiger partial charge in [0.05, 0.1) is 6.42 Å². The van der Waals surface area contributed by atoms with E-state index < -0.39 is 5.97 Å². The molecule has 18 heavy (non-hydrogen) atoms. The van der Waals surface area contributed by atoms with Gasteiger partial charge in [-0.05, 0) is 36.8 Å². The lowest BCUT2D eigenvalue weighted by atomic mass is 9.90. The highest BCUT2D eigenvalue weighted by molar-refractivity contribution is 5.85. The Balaban J connectivity index is 2.07. The number of carboxylic acid groups (broad SMARTS) is 1. The summed E-state index contributed by atoms with van der Waals surface area (Å²) in [7, 11) is 0. The van der Waals surface area contributed by atoms with E-state index in [0.717, 1.165) is 34.9 Å². The highest BCUT2D eigenvalue weighted by Gasteiger charge is 2.45. The standard InChI is InChI=1S/C15H15NO2/c1-10-13-3-2-12(8-11(13)4-7-16-10)15(5-6-15)9-14(17)18/h2-4,7-8H,5-6,9H2,1H3,(H,17,18). The lowest BCUT2D eigenvalue weighted by Crippen LogP contribution is -2.12. The van der Waals surface area contributed by atoms with Gasteiger partial charge in [0, 0.05) is 22.7 Å². The molecule has 0 bridgehead atoms. The SMILES string of the molecule is Cc1nccc2cc(C3(CC(=O)O)CC3)ccc12. The van der Waals surface area contributed by atoms with Crippen molar-refractivity contribution in [2.45, 2.75) is 31.6 Å². The third kappa shape index (κ3) is 1.76. The molecule has 3 nitrogen and oxygen atoms in total. The molecule has 2 aromatic rings. The number of benzene rings is 1. The first-order valence-corrected chi connectivity index (χ1v) is 6.18. The fraction of sp³-hybridized carbons (Fsp3) is 0.333. The van der Waals surface area contributed by atoms with Crippen LogP contribution in [0.4, 0.5) is 0 Å². The second-order valence-corrected chi connectivity index (χ2v) is 5.18. The van der Waals surface area contributed by atoms with Crippen molar-refractivity contribution in [3.05, 3.63) is 41.7 Å². The molecule has 92 valence electrons. The average molecular weight is 241 g/mol. The van der Waals surface area contributed by atoms with Gasteiger partial charge >= 0.3 is 5.97 Å². The smallest absolute Gasteiger partial charge is 0.304 e. The molecule has 0 unspecified atom stereocenters. The van der Waals surface area contributed by atoms with E-state index >= 15 is 0 Å². The van der Waals surface area contributed by atoms with Gasteiger partial charge in [0.2, 0.25) is 0 Å². The van der Waals surface area contributed by atoms with Crippen LogP contribution in [0.3, 0.4) is 0 Å². The third-order valence-electron chi connectivity index (χ3n) is 3.92. The van der Waals surface area contributed by atoms with Crippen LogP contribution < -0.4 is 0 Å². The molecule has 0 aliphatic heterocycles. The molecule has 1 heterocycles. The van der Waals surface area contributed by atoms with Gasteiger partial charge in [0.25, 0.3) is 0 Å². The van der Waals surface area contributed by atoms with E-state index in [1.54, 1.807) is 6.20 Å². The highest BCUT2D eigenvalue weighted by atomic mass is 16.4. The van der Waals surface area contributed by atoms with Crippen LogP contribution in [0, 0.1) is 6.92 Å². The van der Waals surface area contributed by atoms with E-state index in [-0.39, 0.29) is 11.8 Å². The van der Waals surface area contributed by atoms with Crippen LogP contribution in [0.2, 0.25) is 0 Å². The zero-order valence-electron chi connectivity index (χ0n) is 10.3. The molecule has 1 fully saturated rings. The molecule has 0 radical (unpaired) electrons. The molecule has 1 aliphatic rings. The quantitative estimate of drug-likeness (QED) is 0.898. The molecule has 1 aromatic heterocycles. The molecule has 3 rings (SSSR count). The van der Waals surface area contributed by atoms with E-state index in [9.17, 15) is 4.79 Å². The molecular weight excluding hydrogens is 226 g/mol. The predicted molar refractivity (Wildman–Crippen MR) is 69.6 cm³/mol. The first-order valence-electron chi connectivity index (χ1n) is 6.18. The minimum absolute atomic E-state index is 0.114. The minimum atomic E-state index is -0.710. The Morgan fingerprint density at radius 3 is 2.83 bits per heavy atom. The van der Waals surface area contributed by atoms with Gasteiger partial charge in [-0.15, -0.1) is 0 Å². The number of aryl methyl sites for hydroxylation is 1. The van der Waals surface area contributed by atoms with Crippen LogP contribution in [0.5, 0.6) is 0 Å². The summed E-state index contributed by atoms with van der Waals surface area (Å²) in [4.78, 5) is 15.2. The topological polar surface area (TPSA) is 50.2 Å². The summed E-state index contributed by atoms with van der Waals surface area (Å²) < 4.78 is 0. The molecular formula is C15H15NO2. The molecule has 0 spiro atoms. The molecule has 1 aromatic carbocycles. The second kappa shape index (κ2) is 3.80. The van der Waals surface area contributed by atoms with E-state index in [1.807, 2.05) is 13.0 Å². The Bertz CT molecular complexity index is 629. The average Bonchev–Trinajstić information content (AvgIpc) is 3.09. The lowest BCUT2D eigenvalue weighted by molar-refractivity contribution is -0.137. The molecule has 3 heteroatoms. The van der Waals surface area contributed by atoms with Gasteiger partial charge in [-0.1, -0.05) is 18.2 Å². The van der Waals surface area contributed by atoms with Crippen LogP contribution in [0.1, 0.15) is 30.5 Å². The number of hydrogen-bond acceptors (Lipinski definition) is 2. The zero-order valence-corrected chi connectivity index (χ0v) is 10.3. The fourth-order valence-corrected chi connectivity index (χ4v) is 2.67. The lowest BCUT2D eigenvalue weighted by Gasteiger charge is -2.14. The number of fused-ring (bicyclic) bond motifs is 1. The van der Waals surface area contributed by atoms with Crippen LogP contribution in [0.25, 0.3) is 10.8 Å². The van der Waals surface area contributed by atoms with Crippen molar-refractivity contribution in [1.82, 2.24) is 4.98 Å². The molecule has 1 saturated carbocycles. The summed E-state index contributed by atoms with van der Waals surface area (Å²) in [6.45, 7) is 1.99. The number of aliphatic carboxylic acids is 1. The van der Waals surface area contributed by atoms with Gasteiger partial charge in [-0.25, -0.2) is 0 Å². The zero-order chi connectivity index (χ0) is 12.8. The van der Waals surface area contributed by atoms with Crippen molar-refractivity contribution >= 4 is 16.7 Å². The van der Waals surface area contributed by atoms with Crippen LogP contribution in [-0.2, 0) is 10.2 Å². The minimum Gasteiger partial charge on any atom is -0.481 e. The Kier molecular flexibility index (Phi) is 2.37. The van der Waals surface area contributed by atoms with Crippen molar-refractivity contribution in [2.24, 2.45) is 0 Å². The first kappa shape index (κ1) is 11.2. The van der Waals surface area contributed by atoms with Crippen molar-refractivity contribution in [1.29, 1.82) is 0 Å². The monoisotopic (exact) mass is 241 g/mol. The Morgan fingerprint density at radius 2 is 2.17 bits per heavy atom. The van der Waals surface area contributed by atoms with Gasteiger partial charge in [0.15, 0.2) is 0 Å². The van der Waals surface area contributed by atoms with Crippen LogP contribution in [-0.4, -0.2) is 16.1 Å². The van der Waals surface area contributed by atoms with Crippen molar-refractivity contribution in [2.75, 3.05) is 0 Å². The molecule has 0 atom stereocenters. The molecule has 0 saturated heterocycles. The van der Waals surface area contributed by atoms with E-state index in [4.69, 9.17) is 5.11 Å². The number of carboxylic acids is 1. The summed E-state index contributed by atoms with van der Waals surface area (Å²) in [5.74, 6) is -0.710. The van der Waals surface area contributed by atoms with E-state index in [1.165, 1.54) is 0 Å². The van der Waals surface area contributed by atoms with E-state index in [2.05, 4.69) is 23.2 Å². The maximum atomic E-state index is 10.9.